The van der Waals surface area contributed by atoms with Crippen molar-refractivity contribution in [3.8, 4) is 12.3 Å². The van der Waals surface area contributed by atoms with Crippen LogP contribution in [0.1, 0.15) is 49.7 Å². The van der Waals surface area contributed by atoms with E-state index in [1.54, 1.807) is 0 Å². The zero-order valence-corrected chi connectivity index (χ0v) is 14.4. The molecule has 0 spiro atoms. The molecule has 1 aromatic carbocycles. The maximum absolute atomic E-state index is 15.5. The Labute approximate surface area is 147 Å². The molecule has 3 unspecified atom stereocenters. The van der Waals surface area contributed by atoms with E-state index in [9.17, 15) is 5.11 Å². The molecule has 1 heterocycles. The van der Waals surface area contributed by atoms with Crippen molar-refractivity contribution in [3.63, 3.8) is 0 Å². The van der Waals surface area contributed by atoms with Crippen LogP contribution in [0.2, 0.25) is 0 Å². The van der Waals surface area contributed by atoms with Gasteiger partial charge in [0.25, 0.3) is 0 Å². The lowest BCUT2D eigenvalue weighted by atomic mass is 9.52. The number of aliphatic hydroxyl groups is 1. The number of hydrogen-bond donors (Lipinski definition) is 2. The summed E-state index contributed by atoms with van der Waals surface area (Å²) in [5.41, 5.74) is 1.75. The normalized spacial score (nSPS) is 42.5. The fraction of sp³-hybridized carbons (Fsp3) is 0.571. The van der Waals surface area contributed by atoms with Crippen molar-refractivity contribution in [2.45, 2.75) is 56.7 Å². The second kappa shape index (κ2) is 4.86. The predicted octanol–water partition coefficient (Wildman–Crippen LogP) is 3.73. The van der Waals surface area contributed by atoms with Crippen LogP contribution < -0.4 is 0 Å². The first-order valence-corrected chi connectivity index (χ1v) is 9.27. The van der Waals surface area contributed by atoms with E-state index in [-0.39, 0.29) is 11.8 Å². The fourth-order valence-corrected chi connectivity index (χ4v) is 6.37. The van der Waals surface area contributed by atoms with Crippen molar-refractivity contribution in [1.29, 1.82) is 0 Å². The number of rotatable bonds is 0. The lowest BCUT2D eigenvalue weighted by molar-refractivity contribution is -0.0892. The van der Waals surface area contributed by atoms with Gasteiger partial charge in [0.1, 0.15) is 11.8 Å². The van der Waals surface area contributed by atoms with Gasteiger partial charge < -0.3 is 5.11 Å². The summed E-state index contributed by atoms with van der Waals surface area (Å²) in [5, 5.41) is 19.3. The number of nitrogens with zero attached hydrogens (tertiary/aromatic N) is 1. The molecule has 3 aliphatic carbocycles. The van der Waals surface area contributed by atoms with E-state index in [2.05, 4.69) is 22.2 Å². The van der Waals surface area contributed by atoms with Crippen molar-refractivity contribution in [2.75, 3.05) is 0 Å². The number of H-pyrrole nitrogens is 1. The Kier molecular flexibility index (Phi) is 2.99. The maximum atomic E-state index is 15.5. The minimum absolute atomic E-state index is 0.0822. The van der Waals surface area contributed by atoms with E-state index in [0.717, 1.165) is 35.7 Å². The second-order valence-corrected chi connectivity index (χ2v) is 8.48. The molecule has 1 aromatic heterocycles. The van der Waals surface area contributed by atoms with Crippen LogP contribution in [0.15, 0.2) is 18.3 Å². The molecule has 3 nitrogen and oxygen atoms in total. The Bertz CT molecular complexity index is 899. The highest BCUT2D eigenvalue weighted by Gasteiger charge is 2.63. The number of halogens is 1. The van der Waals surface area contributed by atoms with Gasteiger partial charge in [-0.2, -0.15) is 5.10 Å². The molecule has 25 heavy (non-hydrogen) atoms. The molecule has 6 atom stereocenters. The largest absolute Gasteiger partial charge is 0.377 e. The molecule has 0 saturated heterocycles. The van der Waals surface area contributed by atoms with E-state index >= 15 is 4.39 Å². The smallest absolute Gasteiger partial charge is 0.130 e. The van der Waals surface area contributed by atoms with Crippen molar-refractivity contribution in [3.05, 3.63) is 29.5 Å². The highest BCUT2D eigenvalue weighted by molar-refractivity contribution is 5.83. The molecule has 0 amide bonds. The number of fused-ring (bicyclic) bond motifs is 7. The topological polar surface area (TPSA) is 48.9 Å². The summed E-state index contributed by atoms with van der Waals surface area (Å²) in [5.74, 6) is 3.08. The van der Waals surface area contributed by atoms with Crippen LogP contribution >= 0.6 is 0 Å². The first kappa shape index (κ1) is 15.4. The molecule has 3 aliphatic rings. The third kappa shape index (κ3) is 1.77. The van der Waals surface area contributed by atoms with Crippen LogP contribution in [0.5, 0.6) is 0 Å². The maximum Gasteiger partial charge on any atom is 0.130 e. The lowest BCUT2D eigenvalue weighted by Gasteiger charge is -2.53. The van der Waals surface area contributed by atoms with E-state index in [4.69, 9.17) is 6.42 Å². The highest BCUT2D eigenvalue weighted by Crippen LogP contribution is 2.64. The van der Waals surface area contributed by atoms with Gasteiger partial charge in [0.15, 0.2) is 0 Å². The Hall–Kier alpha value is -1.86. The van der Waals surface area contributed by atoms with Gasteiger partial charge in [-0.1, -0.05) is 18.9 Å². The number of nitrogens with one attached hydrogen (secondary N) is 1. The first-order chi connectivity index (χ1) is 12.0. The summed E-state index contributed by atoms with van der Waals surface area (Å²) >= 11 is 0. The summed E-state index contributed by atoms with van der Waals surface area (Å²) in [7, 11) is 0. The Balaban J connectivity index is 1.63. The number of alkyl halides is 1. The minimum Gasteiger partial charge on any atom is -0.377 e. The van der Waals surface area contributed by atoms with Crippen LogP contribution in [-0.2, 0) is 6.42 Å². The predicted molar refractivity (Wildman–Crippen MR) is 94.8 cm³/mol. The van der Waals surface area contributed by atoms with Gasteiger partial charge in [-0.05, 0) is 61.1 Å². The standard InChI is InChI=1S/C21H23FN2O/c1-3-21(25)9-8-16-14-5-4-12-13(6-7-18-15(12)11-23-24-18)19(14)17(22)10-20(16,21)2/h1,6-7,11,14,16-17,19,25H,4-5,8-10H2,2H3,(H,23,24)/t14?,16?,17-,19?,20-,21-/m0/s1. The van der Waals surface area contributed by atoms with Gasteiger partial charge in [-0.25, -0.2) is 4.39 Å². The summed E-state index contributed by atoms with van der Waals surface area (Å²) in [6.07, 6.45) is 10.3. The Morgan fingerprint density at radius 2 is 2.24 bits per heavy atom. The molecule has 2 N–H and O–H groups in total. The van der Waals surface area contributed by atoms with E-state index in [0.29, 0.717) is 18.8 Å². The van der Waals surface area contributed by atoms with Gasteiger partial charge in [0.05, 0.1) is 11.7 Å². The number of hydrogen-bond acceptors (Lipinski definition) is 2. The molecule has 130 valence electrons. The Morgan fingerprint density at radius 3 is 3.04 bits per heavy atom. The average Bonchev–Trinajstić information content (AvgIpc) is 3.18. The molecule has 0 radical (unpaired) electrons. The summed E-state index contributed by atoms with van der Waals surface area (Å²) < 4.78 is 15.5. The minimum atomic E-state index is -1.16. The molecule has 2 saturated carbocycles. The number of terminal acetylenes is 1. The lowest BCUT2D eigenvalue weighted by Crippen LogP contribution is -2.53. The van der Waals surface area contributed by atoms with Gasteiger partial charge in [-0.15, -0.1) is 6.42 Å². The van der Waals surface area contributed by atoms with Crippen LogP contribution in [0.25, 0.3) is 10.9 Å². The highest BCUT2D eigenvalue weighted by atomic mass is 19.1. The molecular weight excluding hydrogens is 315 g/mol. The molecule has 4 heteroatoms. The molecule has 0 bridgehead atoms. The van der Waals surface area contributed by atoms with Crippen LogP contribution in [0, 0.1) is 29.6 Å². The quantitative estimate of drug-likeness (QED) is 0.719. The van der Waals surface area contributed by atoms with Crippen LogP contribution in [0.3, 0.4) is 0 Å². The summed E-state index contributed by atoms with van der Waals surface area (Å²) in [4.78, 5) is 0. The summed E-state index contributed by atoms with van der Waals surface area (Å²) in [6, 6.07) is 4.11. The zero-order valence-electron chi connectivity index (χ0n) is 14.4. The molecule has 2 aromatic rings. The van der Waals surface area contributed by atoms with Crippen molar-refractivity contribution >= 4 is 10.9 Å². The third-order valence-electron chi connectivity index (χ3n) is 7.66. The van der Waals surface area contributed by atoms with Gasteiger partial charge in [-0.3, -0.25) is 5.10 Å². The molecule has 5 rings (SSSR count). The van der Waals surface area contributed by atoms with Crippen molar-refractivity contribution in [1.82, 2.24) is 10.2 Å². The fourth-order valence-electron chi connectivity index (χ4n) is 6.37. The van der Waals surface area contributed by atoms with E-state index in [1.807, 2.05) is 19.2 Å². The number of aryl methyl sites for hydroxylation is 1. The Morgan fingerprint density at radius 1 is 1.40 bits per heavy atom. The van der Waals surface area contributed by atoms with Crippen LogP contribution in [0.4, 0.5) is 4.39 Å². The number of aromatic amines is 1. The third-order valence-corrected chi connectivity index (χ3v) is 7.66. The van der Waals surface area contributed by atoms with E-state index < -0.39 is 17.2 Å². The second-order valence-electron chi connectivity index (χ2n) is 8.48. The molecule has 0 aliphatic heterocycles. The average molecular weight is 338 g/mol. The molecular formula is C21H23FN2O. The zero-order chi connectivity index (χ0) is 17.4. The molecule has 2 fully saturated rings. The van der Waals surface area contributed by atoms with Crippen molar-refractivity contribution < 1.29 is 9.50 Å². The van der Waals surface area contributed by atoms with Crippen molar-refractivity contribution in [2.24, 2.45) is 17.3 Å². The number of benzene rings is 1. The van der Waals surface area contributed by atoms with Gasteiger partial charge >= 0.3 is 0 Å². The van der Waals surface area contributed by atoms with Gasteiger partial charge in [0, 0.05) is 16.7 Å². The summed E-state index contributed by atoms with van der Waals surface area (Å²) in [6.45, 7) is 2.02. The SMILES string of the molecule is C#C[C@]1(O)CCC2C3CCc4c(ccc5[nH]ncc45)C3[C@@H](F)C[C@@]21C. The monoisotopic (exact) mass is 338 g/mol. The van der Waals surface area contributed by atoms with E-state index in [1.165, 1.54) is 5.56 Å². The first-order valence-electron chi connectivity index (χ1n) is 9.27. The van der Waals surface area contributed by atoms with Crippen LogP contribution in [-0.4, -0.2) is 27.1 Å². The number of aromatic nitrogens is 2. The van der Waals surface area contributed by atoms with Gasteiger partial charge in [0.2, 0.25) is 0 Å².